The van der Waals surface area contributed by atoms with E-state index in [0.717, 1.165) is 12.1 Å². The third kappa shape index (κ3) is 3.34. The van der Waals surface area contributed by atoms with Crippen LogP contribution in [0.3, 0.4) is 0 Å². The fraction of sp³-hybridized carbons (Fsp3) is 0.278. The van der Waals surface area contributed by atoms with Gasteiger partial charge in [-0.15, -0.1) is 0 Å². The summed E-state index contributed by atoms with van der Waals surface area (Å²) >= 11 is 0. The van der Waals surface area contributed by atoms with E-state index < -0.39 is 0 Å². The quantitative estimate of drug-likeness (QED) is 0.599. The molecular weight excluding hydrogens is 246 g/mol. The van der Waals surface area contributed by atoms with Gasteiger partial charge in [0, 0.05) is 11.1 Å². The van der Waals surface area contributed by atoms with E-state index in [2.05, 4.69) is 26.2 Å². The maximum Gasteiger partial charge on any atom is 0.219 e. The summed E-state index contributed by atoms with van der Waals surface area (Å²) in [6.07, 6.45) is 0. The van der Waals surface area contributed by atoms with Gasteiger partial charge in [0.15, 0.2) is 0 Å². The van der Waals surface area contributed by atoms with E-state index >= 15 is 0 Å². The molecule has 0 aliphatic carbocycles. The molecule has 0 bridgehead atoms. The molecule has 0 aliphatic heterocycles. The number of carbonyl (C=O) groups is 1. The third-order valence-corrected chi connectivity index (χ3v) is 3.92. The monoisotopic (exact) mass is 268 g/mol. The summed E-state index contributed by atoms with van der Waals surface area (Å²) in [6, 6.07) is 19.8. The number of rotatable bonds is 5. The lowest BCUT2D eigenvalue weighted by Gasteiger charge is -2.35. The van der Waals surface area contributed by atoms with E-state index in [9.17, 15) is 4.79 Å². The van der Waals surface area contributed by atoms with Gasteiger partial charge < -0.3 is 4.48 Å². The standard InChI is InChI=1S/C18H22NO/c1-15(18(20)17-12-8-5-9-13-17)19(2,3)14-16-10-6-4-7-11-16/h4-13,15H,14H2,1-3H3/q+1/t15-/m0/s1. The van der Waals surface area contributed by atoms with E-state index in [0.29, 0.717) is 4.48 Å². The average molecular weight is 268 g/mol. The fourth-order valence-corrected chi connectivity index (χ4v) is 2.35. The first-order valence-electron chi connectivity index (χ1n) is 6.96. The maximum atomic E-state index is 12.6. The number of hydrogen-bond acceptors (Lipinski definition) is 1. The highest BCUT2D eigenvalue weighted by molar-refractivity contribution is 5.99. The minimum atomic E-state index is -0.0717. The van der Waals surface area contributed by atoms with Crippen LogP contribution in [-0.4, -0.2) is 30.4 Å². The summed E-state index contributed by atoms with van der Waals surface area (Å²) < 4.78 is 0.651. The number of quaternary nitrogens is 1. The Morgan fingerprint density at radius 3 is 2.00 bits per heavy atom. The molecule has 20 heavy (non-hydrogen) atoms. The molecule has 0 fully saturated rings. The number of ketones is 1. The number of carbonyl (C=O) groups excluding carboxylic acids is 1. The van der Waals surface area contributed by atoms with Gasteiger partial charge >= 0.3 is 0 Å². The molecule has 0 N–H and O–H groups in total. The molecular formula is C18H22NO+. The minimum absolute atomic E-state index is 0.0717. The van der Waals surface area contributed by atoms with Crippen LogP contribution in [0.25, 0.3) is 0 Å². The fourth-order valence-electron chi connectivity index (χ4n) is 2.35. The van der Waals surface area contributed by atoms with Crippen LogP contribution in [0.5, 0.6) is 0 Å². The number of hydrogen-bond donors (Lipinski definition) is 0. The van der Waals surface area contributed by atoms with Gasteiger partial charge in [-0.25, -0.2) is 0 Å². The van der Waals surface area contributed by atoms with Crippen LogP contribution in [0, 0.1) is 0 Å². The molecule has 0 saturated carbocycles. The Labute approximate surface area is 121 Å². The van der Waals surface area contributed by atoms with Crippen LogP contribution in [0.2, 0.25) is 0 Å². The molecule has 2 aromatic rings. The predicted octanol–water partition coefficient (Wildman–Crippen LogP) is 3.53. The number of likely N-dealkylation sites (N-methyl/N-ethyl adjacent to an activating group) is 1. The third-order valence-electron chi connectivity index (χ3n) is 3.92. The zero-order valence-corrected chi connectivity index (χ0v) is 12.4. The highest BCUT2D eigenvalue weighted by Crippen LogP contribution is 2.17. The van der Waals surface area contributed by atoms with Crippen LogP contribution in [0.4, 0.5) is 0 Å². The maximum absolute atomic E-state index is 12.6. The van der Waals surface area contributed by atoms with Crippen molar-refractivity contribution in [1.29, 1.82) is 0 Å². The zero-order valence-electron chi connectivity index (χ0n) is 12.4. The predicted molar refractivity (Wildman–Crippen MR) is 82.5 cm³/mol. The molecule has 0 spiro atoms. The first-order chi connectivity index (χ1) is 9.50. The number of nitrogens with zero attached hydrogens (tertiary/aromatic N) is 1. The van der Waals surface area contributed by atoms with Gasteiger partial charge in [0.25, 0.3) is 0 Å². The Bertz CT molecular complexity index is 560. The summed E-state index contributed by atoms with van der Waals surface area (Å²) in [6.45, 7) is 2.86. The average Bonchev–Trinajstić information content (AvgIpc) is 2.47. The van der Waals surface area contributed by atoms with Crippen molar-refractivity contribution in [2.45, 2.75) is 19.5 Å². The molecule has 0 heterocycles. The summed E-state index contributed by atoms with van der Waals surface area (Å²) in [4.78, 5) is 12.6. The second-order valence-electron chi connectivity index (χ2n) is 5.83. The minimum Gasteiger partial charge on any atom is -0.316 e. The van der Waals surface area contributed by atoms with Gasteiger partial charge in [-0.2, -0.15) is 0 Å². The van der Waals surface area contributed by atoms with Crippen LogP contribution in [0.15, 0.2) is 60.7 Å². The van der Waals surface area contributed by atoms with Gasteiger partial charge in [-0.1, -0.05) is 60.7 Å². The van der Waals surface area contributed by atoms with E-state index in [1.54, 1.807) is 0 Å². The molecule has 0 radical (unpaired) electrons. The molecule has 0 amide bonds. The summed E-state index contributed by atoms with van der Waals surface area (Å²) in [5.74, 6) is 0.200. The van der Waals surface area contributed by atoms with Crippen LogP contribution >= 0.6 is 0 Å². The van der Waals surface area contributed by atoms with E-state index in [4.69, 9.17) is 0 Å². The van der Waals surface area contributed by atoms with Crippen molar-refractivity contribution in [1.82, 2.24) is 0 Å². The van der Waals surface area contributed by atoms with Crippen molar-refractivity contribution in [3.8, 4) is 0 Å². The van der Waals surface area contributed by atoms with Gasteiger partial charge in [0.2, 0.25) is 5.78 Å². The van der Waals surface area contributed by atoms with E-state index in [1.807, 2.05) is 55.5 Å². The van der Waals surface area contributed by atoms with Gasteiger partial charge in [0.1, 0.15) is 12.6 Å². The van der Waals surface area contributed by atoms with Gasteiger partial charge in [0.05, 0.1) is 14.1 Å². The zero-order chi connectivity index (χ0) is 14.6. The van der Waals surface area contributed by atoms with Gasteiger partial charge in [-0.3, -0.25) is 4.79 Å². The second kappa shape index (κ2) is 6.02. The van der Waals surface area contributed by atoms with E-state index in [-0.39, 0.29) is 11.8 Å². The summed E-state index contributed by atoms with van der Waals surface area (Å²) in [7, 11) is 4.22. The molecule has 1 atom stereocenters. The Morgan fingerprint density at radius 1 is 0.950 bits per heavy atom. The first kappa shape index (κ1) is 14.5. The van der Waals surface area contributed by atoms with Crippen molar-refractivity contribution in [3.63, 3.8) is 0 Å². The SMILES string of the molecule is C[C@@H](C(=O)c1ccccc1)[N+](C)(C)Cc1ccccc1. The van der Waals surface area contributed by atoms with Crippen LogP contribution < -0.4 is 0 Å². The normalized spacial score (nSPS) is 12.9. The molecule has 0 aromatic heterocycles. The van der Waals surface area contributed by atoms with Crippen LogP contribution in [0.1, 0.15) is 22.8 Å². The molecule has 0 aliphatic rings. The Kier molecular flexibility index (Phi) is 4.35. The molecule has 0 saturated heterocycles. The lowest BCUT2D eigenvalue weighted by Crippen LogP contribution is -2.50. The van der Waals surface area contributed by atoms with Crippen molar-refractivity contribution in [2.24, 2.45) is 0 Å². The topological polar surface area (TPSA) is 17.1 Å². The van der Waals surface area contributed by atoms with Gasteiger partial charge in [-0.05, 0) is 6.92 Å². The Balaban J connectivity index is 2.15. The largest absolute Gasteiger partial charge is 0.316 e. The lowest BCUT2D eigenvalue weighted by atomic mass is 10.0. The van der Waals surface area contributed by atoms with Crippen molar-refractivity contribution < 1.29 is 9.28 Å². The molecule has 2 nitrogen and oxygen atoms in total. The molecule has 2 aromatic carbocycles. The molecule has 0 unspecified atom stereocenters. The number of Topliss-reactive ketones (excluding diaryl/α,β-unsaturated/α-hetero) is 1. The summed E-state index contributed by atoms with van der Waals surface area (Å²) in [5.41, 5.74) is 2.05. The molecule has 2 rings (SSSR count). The van der Waals surface area contributed by atoms with Crippen molar-refractivity contribution in [2.75, 3.05) is 14.1 Å². The summed E-state index contributed by atoms with van der Waals surface area (Å²) in [5, 5.41) is 0. The highest BCUT2D eigenvalue weighted by atomic mass is 16.1. The second-order valence-corrected chi connectivity index (χ2v) is 5.83. The highest BCUT2D eigenvalue weighted by Gasteiger charge is 2.31. The Hall–Kier alpha value is -1.93. The lowest BCUT2D eigenvalue weighted by molar-refractivity contribution is -0.916. The Morgan fingerprint density at radius 2 is 1.45 bits per heavy atom. The van der Waals surface area contributed by atoms with Crippen molar-refractivity contribution >= 4 is 5.78 Å². The molecule has 2 heteroatoms. The first-order valence-corrected chi connectivity index (χ1v) is 6.96. The smallest absolute Gasteiger partial charge is 0.219 e. The van der Waals surface area contributed by atoms with Crippen molar-refractivity contribution in [3.05, 3.63) is 71.8 Å². The molecule has 104 valence electrons. The van der Waals surface area contributed by atoms with E-state index in [1.165, 1.54) is 5.56 Å². The van der Waals surface area contributed by atoms with Crippen LogP contribution in [-0.2, 0) is 6.54 Å². The number of benzene rings is 2.